The zero-order chi connectivity index (χ0) is 45.2. The molecule has 2 N–H and O–H groups in total. The predicted octanol–water partition coefficient (Wildman–Crippen LogP) is 10.6. The van der Waals surface area contributed by atoms with Gasteiger partial charge in [0.25, 0.3) is 0 Å². The first-order valence-corrected chi connectivity index (χ1v) is 26.8. The summed E-state index contributed by atoms with van der Waals surface area (Å²) in [7, 11) is -6.51. The molecule has 0 spiro atoms. The summed E-state index contributed by atoms with van der Waals surface area (Å²) >= 11 is 0. The third-order valence-corrected chi connectivity index (χ3v) is 12.6. The Kier molecular flexibility index (Phi) is 20.1. The number of fused-ring (bicyclic) bond motifs is 2. The number of esters is 1. The molecule has 4 aromatic rings. The summed E-state index contributed by atoms with van der Waals surface area (Å²) in [6, 6.07) is 28.7. The molecule has 0 saturated carbocycles. The minimum absolute atomic E-state index is 0.0832. The van der Waals surface area contributed by atoms with E-state index in [2.05, 4.69) is 90.2 Å². The molecule has 13 heteroatoms. The number of aryl methyl sites for hydroxylation is 2. The van der Waals surface area contributed by atoms with Crippen molar-refractivity contribution in [2.24, 2.45) is 0 Å². The van der Waals surface area contributed by atoms with Gasteiger partial charge in [-0.2, -0.15) is 8.42 Å². The van der Waals surface area contributed by atoms with E-state index in [-0.39, 0.29) is 25.4 Å². The summed E-state index contributed by atoms with van der Waals surface area (Å²) in [5, 5.41) is 8.08. The van der Waals surface area contributed by atoms with E-state index >= 15 is 0 Å². The Labute approximate surface area is 377 Å². The quantitative estimate of drug-likeness (QED) is 0.0270. The van der Waals surface area contributed by atoms with Gasteiger partial charge >= 0.3 is 16.4 Å². The summed E-state index contributed by atoms with van der Waals surface area (Å²) in [6.45, 7) is 9.15. The zero-order valence-electron chi connectivity index (χ0n) is 38.0. The highest BCUT2D eigenvalue weighted by atomic mass is 32.3. The molecule has 0 bridgehead atoms. The number of benzene rings is 4. The Morgan fingerprint density at radius 2 is 1.17 bits per heavy atom. The number of amides is 1. The summed E-state index contributed by atoms with van der Waals surface area (Å²) in [4.78, 5) is 27.1. The normalized spacial score (nSPS) is 19.4. The molecule has 1 saturated heterocycles. The van der Waals surface area contributed by atoms with Crippen molar-refractivity contribution in [3.05, 3.63) is 96.1 Å². The second-order valence-corrected chi connectivity index (χ2v) is 21.1. The van der Waals surface area contributed by atoms with E-state index in [1.165, 1.54) is 32.7 Å². The highest BCUT2D eigenvalue weighted by molar-refractivity contribution is 7.80. The maximum absolute atomic E-state index is 13.6. The lowest BCUT2D eigenvalue weighted by Gasteiger charge is -2.46. The van der Waals surface area contributed by atoms with Crippen LogP contribution in [0.2, 0.25) is 13.1 Å². The van der Waals surface area contributed by atoms with Gasteiger partial charge in [-0.25, -0.2) is 4.18 Å². The Balaban J connectivity index is 1.14. The van der Waals surface area contributed by atoms with Crippen LogP contribution in [-0.4, -0.2) is 76.7 Å². The van der Waals surface area contributed by atoms with Crippen LogP contribution >= 0.6 is 0 Å². The van der Waals surface area contributed by atoms with Crippen LogP contribution in [0.1, 0.15) is 122 Å². The number of rotatable bonds is 26. The highest BCUT2D eigenvalue weighted by Gasteiger charge is 2.52. The van der Waals surface area contributed by atoms with Gasteiger partial charge in [0, 0.05) is 12.8 Å². The fourth-order valence-corrected chi connectivity index (χ4v) is 9.52. The smallest absolute Gasteiger partial charge is 0.397 e. The van der Waals surface area contributed by atoms with E-state index in [1.54, 1.807) is 0 Å². The largest absolute Gasteiger partial charge is 0.457 e. The van der Waals surface area contributed by atoms with E-state index < -0.39 is 61.7 Å². The Hall–Kier alpha value is -3.69. The highest BCUT2D eigenvalue weighted by Crippen LogP contribution is 2.31. The lowest BCUT2D eigenvalue weighted by atomic mass is 9.96. The number of hydrogen-bond donors (Lipinski definition) is 2. The average Bonchev–Trinajstić information content (AvgIpc) is 3.23. The number of nitrogens with one attached hydrogen (secondary N) is 1. The van der Waals surface area contributed by atoms with Crippen molar-refractivity contribution in [2.45, 2.75) is 173 Å². The lowest BCUT2D eigenvalue weighted by molar-refractivity contribution is -0.254. The fourth-order valence-electron chi connectivity index (χ4n) is 8.34. The molecule has 1 unspecified atom stereocenters. The number of carbonyl (C=O) groups excluding carboxylic acids is 2. The summed E-state index contributed by atoms with van der Waals surface area (Å²) in [5.41, 5.74) is 2.09. The van der Waals surface area contributed by atoms with Crippen LogP contribution in [0.5, 0.6) is 0 Å². The van der Waals surface area contributed by atoms with Crippen molar-refractivity contribution < 1.29 is 45.4 Å². The summed E-state index contributed by atoms with van der Waals surface area (Å²) in [5.74, 6) is -0.889. The standard InChI is InChI=1S/C50H70NO10SSi/c1-50(2,3)57-36-43-47(60-62(54,55)56)48(59-45(53)35-17-13-9-7-11-15-25-38-29-23-31-40-27-19-21-33-42(38)40)46(49(58-43)61-63(4)5)51-44(52)34-16-12-8-6-10-14-24-37-28-22-30-39-26-18-20-32-41(37)39/h18-23,26-33,43,46-49H,6-17,24-25,34-36H2,1-5H3,(H,51,52)(H,54,55,56)/t43-,46-,47-,48-,49?/m1/s1. The molecule has 5 rings (SSSR count). The van der Waals surface area contributed by atoms with Crippen LogP contribution in [0.25, 0.3) is 21.5 Å². The van der Waals surface area contributed by atoms with Gasteiger partial charge in [0.05, 0.1) is 12.2 Å². The van der Waals surface area contributed by atoms with Crippen LogP contribution in [0, 0.1) is 0 Å². The van der Waals surface area contributed by atoms with Crippen molar-refractivity contribution in [2.75, 3.05) is 6.61 Å². The van der Waals surface area contributed by atoms with Crippen molar-refractivity contribution in [1.82, 2.24) is 5.32 Å². The third kappa shape index (κ3) is 17.3. The maximum Gasteiger partial charge on any atom is 0.397 e. The number of hydrogen-bond acceptors (Lipinski definition) is 9. The van der Waals surface area contributed by atoms with E-state index in [9.17, 15) is 22.6 Å². The van der Waals surface area contributed by atoms with Gasteiger partial charge in [0.2, 0.25) is 14.9 Å². The molecule has 1 radical (unpaired) electrons. The van der Waals surface area contributed by atoms with Gasteiger partial charge in [0.15, 0.2) is 12.4 Å². The average molecular weight is 905 g/mol. The second kappa shape index (κ2) is 25.1. The molecule has 11 nitrogen and oxygen atoms in total. The monoisotopic (exact) mass is 904 g/mol. The molecule has 345 valence electrons. The number of carbonyl (C=O) groups is 2. The van der Waals surface area contributed by atoms with Crippen LogP contribution in [-0.2, 0) is 55.6 Å². The lowest BCUT2D eigenvalue weighted by Crippen LogP contribution is -2.67. The minimum Gasteiger partial charge on any atom is -0.457 e. The molecule has 1 heterocycles. The molecule has 1 aliphatic heterocycles. The predicted molar refractivity (Wildman–Crippen MR) is 251 cm³/mol. The number of unbranched alkanes of at least 4 members (excludes halogenated alkanes) is 10. The Morgan fingerprint density at radius 3 is 1.70 bits per heavy atom. The van der Waals surface area contributed by atoms with Crippen LogP contribution < -0.4 is 5.32 Å². The summed E-state index contributed by atoms with van der Waals surface area (Å²) in [6.07, 6.45) is 8.51. The van der Waals surface area contributed by atoms with Crippen LogP contribution in [0.15, 0.2) is 84.9 Å². The molecule has 4 aromatic carbocycles. The number of ether oxygens (including phenoxy) is 3. The summed E-state index contributed by atoms with van der Waals surface area (Å²) < 4.78 is 64.3. The van der Waals surface area contributed by atoms with E-state index in [1.807, 2.05) is 33.9 Å². The maximum atomic E-state index is 13.6. The van der Waals surface area contributed by atoms with Crippen molar-refractivity contribution >= 4 is 52.9 Å². The van der Waals surface area contributed by atoms with Crippen LogP contribution in [0.4, 0.5) is 0 Å². The van der Waals surface area contributed by atoms with Crippen molar-refractivity contribution in [3.8, 4) is 0 Å². The first-order chi connectivity index (χ1) is 30.2. The van der Waals surface area contributed by atoms with E-state index in [0.717, 1.165) is 77.0 Å². The van der Waals surface area contributed by atoms with Crippen molar-refractivity contribution in [1.29, 1.82) is 0 Å². The van der Waals surface area contributed by atoms with Gasteiger partial charge in [-0.3, -0.25) is 14.1 Å². The molecule has 1 amide bonds. The van der Waals surface area contributed by atoms with Crippen LogP contribution in [0.3, 0.4) is 0 Å². The fraction of sp³-hybridized carbons (Fsp3) is 0.560. The van der Waals surface area contributed by atoms with E-state index in [4.69, 9.17) is 22.8 Å². The minimum atomic E-state index is -5.06. The zero-order valence-corrected chi connectivity index (χ0v) is 39.8. The molecular weight excluding hydrogens is 835 g/mol. The van der Waals surface area contributed by atoms with E-state index in [0.29, 0.717) is 12.8 Å². The second-order valence-electron chi connectivity index (χ2n) is 18.0. The molecule has 0 aliphatic carbocycles. The SMILES string of the molecule is C[Si](C)OC1O[C@H](COC(C)(C)C)[C@@H](OS(=O)(=O)O)[C@H](OC(=O)CCCCCCCCc2cccc3ccccc23)[C@H]1NC(=O)CCCCCCCCc1cccc2ccccc12. The third-order valence-electron chi connectivity index (χ3n) is 11.4. The van der Waals surface area contributed by atoms with Gasteiger partial charge in [-0.15, -0.1) is 0 Å². The molecule has 0 aromatic heterocycles. The molecule has 1 fully saturated rings. The topological polar surface area (TPSA) is 147 Å². The van der Waals surface area contributed by atoms with Gasteiger partial charge in [-0.05, 0) is 105 Å². The van der Waals surface area contributed by atoms with Gasteiger partial charge in [-0.1, -0.05) is 136 Å². The first-order valence-electron chi connectivity index (χ1n) is 23.0. The molecule has 1 aliphatic rings. The Morgan fingerprint density at radius 1 is 0.683 bits per heavy atom. The van der Waals surface area contributed by atoms with Gasteiger partial charge < -0.3 is 24.0 Å². The molecule has 63 heavy (non-hydrogen) atoms. The van der Waals surface area contributed by atoms with Crippen molar-refractivity contribution in [3.63, 3.8) is 0 Å². The molecule has 5 atom stereocenters. The Bertz CT molecular complexity index is 2130. The molecular formula is C50H70NO10SSi. The van der Waals surface area contributed by atoms with Gasteiger partial charge in [0.1, 0.15) is 18.2 Å². The first kappa shape index (κ1) is 50.3.